The van der Waals surface area contributed by atoms with Crippen molar-refractivity contribution in [3.63, 3.8) is 0 Å². The van der Waals surface area contributed by atoms with Crippen molar-refractivity contribution in [3.05, 3.63) is 36.3 Å². The van der Waals surface area contributed by atoms with Crippen molar-refractivity contribution in [3.8, 4) is 11.6 Å². The molecule has 0 bridgehead atoms. The van der Waals surface area contributed by atoms with Gasteiger partial charge in [-0.2, -0.15) is 5.10 Å². The van der Waals surface area contributed by atoms with Gasteiger partial charge in [0.1, 0.15) is 5.75 Å². The molecule has 0 saturated carbocycles. The van der Waals surface area contributed by atoms with Crippen LogP contribution in [0.25, 0.3) is 5.82 Å². The van der Waals surface area contributed by atoms with E-state index in [1.807, 2.05) is 0 Å². The van der Waals surface area contributed by atoms with Crippen molar-refractivity contribution in [2.45, 2.75) is 0 Å². The number of nitrogens with zero attached hydrogens (tertiary/aromatic N) is 3. The Bertz CT molecular complexity index is 490. The molecule has 0 saturated heterocycles. The third-order valence-corrected chi connectivity index (χ3v) is 1.78. The molecule has 2 heterocycles. The Kier molecular flexibility index (Phi) is 2.09. The van der Waals surface area contributed by atoms with Gasteiger partial charge in [0.25, 0.3) is 0 Å². The molecule has 2 N–H and O–H groups in total. The lowest BCUT2D eigenvalue weighted by atomic mass is 10.4. The minimum absolute atomic E-state index is 0.0457. The SMILES string of the molecule is O=C(O)c1ccn(-c2ccc(O)cn2)n1. The number of hydrogen-bond acceptors (Lipinski definition) is 4. The van der Waals surface area contributed by atoms with Gasteiger partial charge < -0.3 is 10.2 Å². The van der Waals surface area contributed by atoms with Gasteiger partial charge in [0.05, 0.1) is 6.20 Å². The molecule has 0 aliphatic heterocycles. The fourth-order valence-corrected chi connectivity index (χ4v) is 1.08. The van der Waals surface area contributed by atoms with E-state index in [4.69, 9.17) is 10.2 Å². The summed E-state index contributed by atoms with van der Waals surface area (Å²) in [6, 6.07) is 4.36. The highest BCUT2D eigenvalue weighted by atomic mass is 16.4. The topological polar surface area (TPSA) is 88.2 Å². The maximum Gasteiger partial charge on any atom is 0.356 e. The number of pyridine rings is 1. The average molecular weight is 205 g/mol. The fourth-order valence-electron chi connectivity index (χ4n) is 1.08. The summed E-state index contributed by atoms with van der Waals surface area (Å²) in [5.74, 6) is -0.600. The maximum atomic E-state index is 10.6. The molecule has 0 aliphatic rings. The van der Waals surface area contributed by atoms with Crippen molar-refractivity contribution in [1.82, 2.24) is 14.8 Å². The summed E-state index contributed by atoms with van der Waals surface area (Å²) >= 11 is 0. The normalized spacial score (nSPS) is 10.1. The molecular formula is C9H7N3O3. The van der Waals surface area contributed by atoms with Gasteiger partial charge in [0, 0.05) is 6.20 Å². The Morgan fingerprint density at radius 2 is 2.13 bits per heavy atom. The first kappa shape index (κ1) is 9.20. The van der Waals surface area contributed by atoms with Crippen LogP contribution in [0, 0.1) is 0 Å². The molecule has 0 unspecified atom stereocenters. The second-order valence-corrected chi connectivity index (χ2v) is 2.83. The zero-order valence-corrected chi connectivity index (χ0v) is 7.53. The van der Waals surface area contributed by atoms with Gasteiger partial charge in [0.2, 0.25) is 0 Å². The Morgan fingerprint density at radius 1 is 1.33 bits per heavy atom. The number of carboxylic acid groups (broad SMARTS) is 1. The second-order valence-electron chi connectivity index (χ2n) is 2.83. The molecule has 0 aliphatic carbocycles. The summed E-state index contributed by atoms with van der Waals surface area (Å²) in [5, 5.41) is 21.4. The van der Waals surface area contributed by atoms with E-state index in [1.165, 1.54) is 35.3 Å². The van der Waals surface area contributed by atoms with Crippen LogP contribution in [0.2, 0.25) is 0 Å². The number of hydrogen-bond donors (Lipinski definition) is 2. The summed E-state index contributed by atoms with van der Waals surface area (Å²) in [6.45, 7) is 0. The van der Waals surface area contributed by atoms with E-state index >= 15 is 0 Å². The molecule has 0 aromatic carbocycles. The predicted octanol–water partition coefficient (Wildman–Crippen LogP) is 0.671. The van der Waals surface area contributed by atoms with Crippen LogP contribution in [-0.2, 0) is 0 Å². The number of aromatic nitrogens is 3. The second kappa shape index (κ2) is 3.41. The quantitative estimate of drug-likeness (QED) is 0.752. The van der Waals surface area contributed by atoms with E-state index in [0.29, 0.717) is 5.82 Å². The van der Waals surface area contributed by atoms with Crippen LogP contribution in [0.1, 0.15) is 10.5 Å². The van der Waals surface area contributed by atoms with Crippen LogP contribution >= 0.6 is 0 Å². The highest BCUT2D eigenvalue weighted by Crippen LogP contribution is 2.09. The van der Waals surface area contributed by atoms with Crippen LogP contribution in [-0.4, -0.2) is 30.9 Å². The Balaban J connectivity index is 2.37. The monoisotopic (exact) mass is 205 g/mol. The van der Waals surface area contributed by atoms with Gasteiger partial charge in [-0.25, -0.2) is 14.5 Å². The molecule has 2 rings (SSSR count). The van der Waals surface area contributed by atoms with Crippen molar-refractivity contribution >= 4 is 5.97 Å². The molecular weight excluding hydrogens is 198 g/mol. The van der Waals surface area contributed by atoms with E-state index in [1.54, 1.807) is 0 Å². The third-order valence-electron chi connectivity index (χ3n) is 1.78. The van der Waals surface area contributed by atoms with E-state index < -0.39 is 5.97 Å². The summed E-state index contributed by atoms with van der Waals surface area (Å²) < 4.78 is 1.32. The molecule has 6 nitrogen and oxygen atoms in total. The van der Waals surface area contributed by atoms with E-state index in [-0.39, 0.29) is 11.4 Å². The van der Waals surface area contributed by atoms with Crippen LogP contribution < -0.4 is 0 Å². The molecule has 2 aromatic rings. The molecule has 0 atom stereocenters. The molecule has 15 heavy (non-hydrogen) atoms. The summed E-state index contributed by atoms with van der Waals surface area (Å²) in [5.41, 5.74) is -0.0510. The Morgan fingerprint density at radius 3 is 2.67 bits per heavy atom. The highest BCUT2D eigenvalue weighted by Gasteiger charge is 2.07. The summed E-state index contributed by atoms with van der Waals surface area (Å²) in [7, 11) is 0. The smallest absolute Gasteiger partial charge is 0.356 e. The van der Waals surface area contributed by atoms with Gasteiger partial charge in [-0.05, 0) is 18.2 Å². The first-order valence-corrected chi connectivity index (χ1v) is 4.11. The van der Waals surface area contributed by atoms with Crippen molar-refractivity contribution in [2.24, 2.45) is 0 Å². The molecule has 0 fully saturated rings. The highest BCUT2D eigenvalue weighted by molar-refractivity contribution is 5.85. The van der Waals surface area contributed by atoms with Crippen molar-refractivity contribution < 1.29 is 15.0 Å². The average Bonchev–Trinajstić information content (AvgIpc) is 2.68. The van der Waals surface area contributed by atoms with Crippen LogP contribution in [0.5, 0.6) is 5.75 Å². The summed E-state index contributed by atoms with van der Waals surface area (Å²) in [4.78, 5) is 14.4. The number of aromatic hydroxyl groups is 1. The molecule has 0 spiro atoms. The lowest BCUT2D eigenvalue weighted by Gasteiger charge is -1.98. The van der Waals surface area contributed by atoms with Gasteiger partial charge in [-0.1, -0.05) is 0 Å². The largest absolute Gasteiger partial charge is 0.506 e. The predicted molar refractivity (Wildman–Crippen MR) is 50.0 cm³/mol. The Labute approximate surface area is 84.4 Å². The number of rotatable bonds is 2. The van der Waals surface area contributed by atoms with E-state index in [9.17, 15) is 4.79 Å². The van der Waals surface area contributed by atoms with E-state index in [2.05, 4.69) is 10.1 Å². The molecule has 76 valence electrons. The van der Waals surface area contributed by atoms with Crippen molar-refractivity contribution in [1.29, 1.82) is 0 Å². The van der Waals surface area contributed by atoms with Crippen molar-refractivity contribution in [2.75, 3.05) is 0 Å². The maximum absolute atomic E-state index is 10.6. The van der Waals surface area contributed by atoms with Gasteiger partial charge in [0.15, 0.2) is 11.5 Å². The molecule has 0 amide bonds. The van der Waals surface area contributed by atoms with Gasteiger partial charge in [-0.3, -0.25) is 0 Å². The van der Waals surface area contributed by atoms with Crippen LogP contribution in [0.4, 0.5) is 0 Å². The number of aromatic carboxylic acids is 1. The number of carboxylic acids is 1. The third kappa shape index (κ3) is 1.78. The first-order valence-electron chi connectivity index (χ1n) is 4.11. The zero-order valence-electron chi connectivity index (χ0n) is 7.53. The lowest BCUT2D eigenvalue weighted by molar-refractivity contribution is 0.0690. The molecule has 2 aromatic heterocycles. The minimum Gasteiger partial charge on any atom is -0.506 e. The summed E-state index contributed by atoms with van der Waals surface area (Å²) in [6.07, 6.45) is 2.75. The Hall–Kier alpha value is -2.37. The minimum atomic E-state index is -1.09. The van der Waals surface area contributed by atoms with Crippen LogP contribution in [0.15, 0.2) is 30.6 Å². The lowest BCUT2D eigenvalue weighted by Crippen LogP contribution is -2.02. The van der Waals surface area contributed by atoms with E-state index in [0.717, 1.165) is 0 Å². The van der Waals surface area contributed by atoms with Crippen LogP contribution in [0.3, 0.4) is 0 Å². The standard InChI is InChI=1S/C9H7N3O3/c13-6-1-2-8(10-5-6)12-4-3-7(11-12)9(14)15/h1-5,13H,(H,14,15). The van der Waals surface area contributed by atoms with Gasteiger partial charge in [-0.15, -0.1) is 0 Å². The zero-order chi connectivity index (χ0) is 10.8. The fraction of sp³-hybridized carbons (Fsp3) is 0. The number of carbonyl (C=O) groups is 1. The van der Waals surface area contributed by atoms with Gasteiger partial charge >= 0.3 is 5.97 Å². The molecule has 6 heteroatoms. The molecule has 0 radical (unpaired) electrons. The first-order chi connectivity index (χ1) is 7.16.